The minimum absolute atomic E-state index is 0.159. The molecule has 1 aromatic carbocycles. The fraction of sp³-hybridized carbons (Fsp3) is 0.562. The van der Waals surface area contributed by atoms with Gasteiger partial charge < -0.3 is 4.74 Å². The number of benzene rings is 1. The standard InChI is InChI=1S/C16H22O2/c1-3-12-8-9-14(11-13(12)4-2)16(17)15-7-5-6-10-18-15/h8-9,11,15H,3-7,10H2,1-2H3. The summed E-state index contributed by atoms with van der Waals surface area (Å²) in [6.07, 6.45) is 4.85. The third-order valence-electron chi connectivity index (χ3n) is 3.72. The van der Waals surface area contributed by atoms with Gasteiger partial charge in [0, 0.05) is 12.2 Å². The molecule has 1 aliphatic rings. The van der Waals surface area contributed by atoms with Gasteiger partial charge in [-0.3, -0.25) is 4.79 Å². The van der Waals surface area contributed by atoms with Crippen molar-refractivity contribution in [3.05, 3.63) is 34.9 Å². The first-order valence-corrected chi connectivity index (χ1v) is 7.03. The number of hydrogen-bond donors (Lipinski definition) is 0. The number of ether oxygens (including phenoxy) is 1. The van der Waals surface area contributed by atoms with E-state index >= 15 is 0 Å². The molecule has 0 saturated carbocycles. The maximum Gasteiger partial charge on any atom is 0.191 e. The summed E-state index contributed by atoms with van der Waals surface area (Å²) in [6, 6.07) is 6.10. The Bertz CT molecular complexity index is 417. The van der Waals surface area contributed by atoms with Crippen molar-refractivity contribution < 1.29 is 9.53 Å². The molecule has 1 fully saturated rings. The Hall–Kier alpha value is -1.15. The van der Waals surface area contributed by atoms with Crippen molar-refractivity contribution in [1.29, 1.82) is 0 Å². The second kappa shape index (κ2) is 6.14. The molecule has 1 unspecified atom stereocenters. The van der Waals surface area contributed by atoms with Crippen molar-refractivity contribution in [2.45, 2.75) is 52.1 Å². The molecule has 18 heavy (non-hydrogen) atoms. The monoisotopic (exact) mass is 246 g/mol. The summed E-state index contributed by atoms with van der Waals surface area (Å²) in [4.78, 5) is 12.3. The summed E-state index contributed by atoms with van der Waals surface area (Å²) in [5, 5.41) is 0. The van der Waals surface area contributed by atoms with Crippen molar-refractivity contribution in [1.82, 2.24) is 0 Å². The van der Waals surface area contributed by atoms with Crippen LogP contribution in [0.4, 0.5) is 0 Å². The fourth-order valence-electron chi connectivity index (χ4n) is 2.59. The van der Waals surface area contributed by atoms with Crippen molar-refractivity contribution in [3.8, 4) is 0 Å². The van der Waals surface area contributed by atoms with Gasteiger partial charge in [0.05, 0.1) is 0 Å². The molecule has 1 aliphatic heterocycles. The normalized spacial score (nSPS) is 19.8. The van der Waals surface area contributed by atoms with Gasteiger partial charge in [0.1, 0.15) is 6.10 Å². The maximum absolute atomic E-state index is 12.3. The molecule has 1 saturated heterocycles. The predicted molar refractivity (Wildman–Crippen MR) is 73.1 cm³/mol. The van der Waals surface area contributed by atoms with Crippen LogP contribution in [0.5, 0.6) is 0 Å². The summed E-state index contributed by atoms with van der Waals surface area (Å²) < 4.78 is 5.57. The lowest BCUT2D eigenvalue weighted by atomic mass is 9.95. The lowest BCUT2D eigenvalue weighted by Crippen LogP contribution is -2.28. The minimum Gasteiger partial charge on any atom is -0.370 e. The van der Waals surface area contributed by atoms with E-state index in [9.17, 15) is 4.79 Å². The van der Waals surface area contributed by atoms with E-state index in [0.29, 0.717) is 0 Å². The zero-order chi connectivity index (χ0) is 13.0. The van der Waals surface area contributed by atoms with Crippen molar-refractivity contribution in [3.63, 3.8) is 0 Å². The Balaban J connectivity index is 2.19. The molecule has 0 radical (unpaired) electrons. The molecule has 1 atom stereocenters. The van der Waals surface area contributed by atoms with Crippen LogP contribution < -0.4 is 0 Å². The summed E-state index contributed by atoms with van der Waals surface area (Å²) in [6.45, 7) is 5.02. The Morgan fingerprint density at radius 2 is 2.00 bits per heavy atom. The predicted octanol–water partition coefficient (Wildman–Crippen LogP) is 3.56. The molecule has 0 amide bonds. The van der Waals surface area contributed by atoms with Crippen molar-refractivity contribution in [2.24, 2.45) is 0 Å². The molecule has 0 spiro atoms. The summed E-state index contributed by atoms with van der Waals surface area (Å²) >= 11 is 0. The van der Waals surface area contributed by atoms with E-state index in [1.165, 1.54) is 11.1 Å². The molecule has 0 aliphatic carbocycles. The van der Waals surface area contributed by atoms with E-state index in [1.54, 1.807) is 0 Å². The summed E-state index contributed by atoms with van der Waals surface area (Å²) in [7, 11) is 0. The third-order valence-corrected chi connectivity index (χ3v) is 3.72. The molecule has 2 heteroatoms. The van der Waals surface area contributed by atoms with Crippen LogP contribution in [0, 0.1) is 0 Å². The Labute approximate surface area is 109 Å². The van der Waals surface area contributed by atoms with E-state index in [-0.39, 0.29) is 11.9 Å². The van der Waals surface area contributed by atoms with Crippen LogP contribution in [0.25, 0.3) is 0 Å². The van der Waals surface area contributed by atoms with Crippen LogP contribution in [0.1, 0.15) is 54.6 Å². The van der Waals surface area contributed by atoms with E-state index in [4.69, 9.17) is 4.74 Å². The van der Waals surface area contributed by atoms with Crippen LogP contribution in [0.2, 0.25) is 0 Å². The second-order valence-corrected chi connectivity index (χ2v) is 4.91. The highest BCUT2D eigenvalue weighted by Crippen LogP contribution is 2.20. The van der Waals surface area contributed by atoms with E-state index in [0.717, 1.165) is 44.3 Å². The zero-order valence-electron chi connectivity index (χ0n) is 11.4. The van der Waals surface area contributed by atoms with Gasteiger partial charge >= 0.3 is 0 Å². The average Bonchev–Trinajstić information content (AvgIpc) is 2.46. The third kappa shape index (κ3) is 2.81. The quantitative estimate of drug-likeness (QED) is 0.759. The zero-order valence-corrected chi connectivity index (χ0v) is 11.4. The van der Waals surface area contributed by atoms with Gasteiger partial charge in [0.15, 0.2) is 5.78 Å². The average molecular weight is 246 g/mol. The maximum atomic E-state index is 12.3. The lowest BCUT2D eigenvalue weighted by molar-refractivity contribution is 0.0186. The van der Waals surface area contributed by atoms with Gasteiger partial charge in [-0.05, 0) is 49.3 Å². The SMILES string of the molecule is CCc1ccc(C(=O)C2CCCCO2)cc1CC. The molecular weight excluding hydrogens is 224 g/mol. The summed E-state index contributed by atoms with van der Waals surface area (Å²) in [5.74, 6) is 0.159. The highest BCUT2D eigenvalue weighted by Gasteiger charge is 2.23. The fourth-order valence-corrected chi connectivity index (χ4v) is 2.59. The van der Waals surface area contributed by atoms with Crippen LogP contribution >= 0.6 is 0 Å². The molecule has 1 heterocycles. The highest BCUT2D eigenvalue weighted by atomic mass is 16.5. The molecule has 0 aromatic heterocycles. The number of ketones is 1. The van der Waals surface area contributed by atoms with Crippen molar-refractivity contribution in [2.75, 3.05) is 6.61 Å². The molecule has 2 nitrogen and oxygen atoms in total. The Kier molecular flexibility index (Phi) is 4.54. The van der Waals surface area contributed by atoms with E-state index in [1.807, 2.05) is 6.07 Å². The summed E-state index contributed by atoms with van der Waals surface area (Å²) in [5.41, 5.74) is 3.45. The number of carbonyl (C=O) groups excluding carboxylic acids is 1. The van der Waals surface area contributed by atoms with E-state index in [2.05, 4.69) is 26.0 Å². The minimum atomic E-state index is -0.212. The smallest absolute Gasteiger partial charge is 0.191 e. The highest BCUT2D eigenvalue weighted by molar-refractivity contribution is 5.99. The molecular formula is C16H22O2. The van der Waals surface area contributed by atoms with E-state index < -0.39 is 0 Å². The van der Waals surface area contributed by atoms with Gasteiger partial charge in [-0.15, -0.1) is 0 Å². The number of hydrogen-bond acceptors (Lipinski definition) is 2. The Morgan fingerprint density at radius 1 is 1.22 bits per heavy atom. The van der Waals surface area contributed by atoms with Crippen LogP contribution in [0.15, 0.2) is 18.2 Å². The molecule has 98 valence electrons. The first-order chi connectivity index (χ1) is 8.76. The van der Waals surface area contributed by atoms with Gasteiger partial charge in [0.2, 0.25) is 0 Å². The number of carbonyl (C=O) groups is 1. The molecule has 2 rings (SSSR count). The number of aryl methyl sites for hydroxylation is 2. The number of Topliss-reactive ketones (excluding diaryl/α,β-unsaturated/α-hetero) is 1. The van der Waals surface area contributed by atoms with Crippen LogP contribution in [-0.4, -0.2) is 18.5 Å². The number of rotatable bonds is 4. The van der Waals surface area contributed by atoms with Gasteiger partial charge in [-0.1, -0.05) is 26.0 Å². The second-order valence-electron chi connectivity index (χ2n) is 4.91. The van der Waals surface area contributed by atoms with Gasteiger partial charge in [0.25, 0.3) is 0 Å². The van der Waals surface area contributed by atoms with Crippen molar-refractivity contribution >= 4 is 5.78 Å². The van der Waals surface area contributed by atoms with Crippen LogP contribution in [-0.2, 0) is 17.6 Å². The first kappa shape index (κ1) is 13.3. The molecule has 1 aromatic rings. The van der Waals surface area contributed by atoms with Crippen LogP contribution in [0.3, 0.4) is 0 Å². The first-order valence-electron chi connectivity index (χ1n) is 7.03. The van der Waals surface area contributed by atoms with Gasteiger partial charge in [-0.25, -0.2) is 0 Å². The topological polar surface area (TPSA) is 26.3 Å². The largest absolute Gasteiger partial charge is 0.370 e. The molecule has 0 bridgehead atoms. The lowest BCUT2D eigenvalue weighted by Gasteiger charge is -2.21. The van der Waals surface area contributed by atoms with Gasteiger partial charge in [-0.2, -0.15) is 0 Å². The molecule has 0 N–H and O–H groups in total. The Morgan fingerprint density at radius 3 is 2.61 bits per heavy atom.